The Labute approximate surface area is 161 Å². The lowest BCUT2D eigenvalue weighted by Gasteiger charge is -2.31. The first-order valence-corrected chi connectivity index (χ1v) is 11.6. The molecule has 1 aromatic rings. The van der Waals surface area contributed by atoms with Gasteiger partial charge in [-0.1, -0.05) is 6.92 Å². The molecule has 27 heavy (non-hydrogen) atoms. The van der Waals surface area contributed by atoms with Crippen LogP contribution in [0.5, 0.6) is 0 Å². The van der Waals surface area contributed by atoms with E-state index in [1.165, 1.54) is 6.26 Å². The van der Waals surface area contributed by atoms with E-state index in [-0.39, 0.29) is 6.04 Å². The van der Waals surface area contributed by atoms with Crippen LogP contribution in [-0.2, 0) is 29.4 Å². The van der Waals surface area contributed by atoms with Crippen molar-refractivity contribution in [2.24, 2.45) is 10.9 Å². The van der Waals surface area contributed by atoms with E-state index in [1.807, 2.05) is 4.68 Å². The Bertz CT molecular complexity index is 766. The number of fused-ring (bicyclic) bond motifs is 1. The van der Waals surface area contributed by atoms with E-state index in [2.05, 4.69) is 32.6 Å². The number of piperidine rings is 1. The van der Waals surface area contributed by atoms with Crippen molar-refractivity contribution in [3.05, 3.63) is 11.6 Å². The van der Waals surface area contributed by atoms with Gasteiger partial charge in [0.15, 0.2) is 11.8 Å². The molecular formula is C17H31N7O2S. The number of guanidine groups is 1. The third kappa shape index (κ3) is 5.19. The topological polar surface area (TPSA) is 105 Å². The van der Waals surface area contributed by atoms with Crippen LogP contribution >= 0.6 is 0 Å². The molecule has 0 bridgehead atoms. The van der Waals surface area contributed by atoms with Crippen molar-refractivity contribution >= 4 is 16.0 Å². The molecule has 2 N–H and O–H groups in total. The van der Waals surface area contributed by atoms with Crippen molar-refractivity contribution in [1.82, 2.24) is 29.7 Å². The molecule has 0 aromatic carbocycles. The van der Waals surface area contributed by atoms with E-state index in [0.717, 1.165) is 62.8 Å². The summed E-state index contributed by atoms with van der Waals surface area (Å²) in [5.41, 5.74) is 0. The van der Waals surface area contributed by atoms with Gasteiger partial charge in [0.2, 0.25) is 10.0 Å². The summed E-state index contributed by atoms with van der Waals surface area (Å²) in [6.07, 6.45) is 5.83. The lowest BCUT2D eigenvalue weighted by Crippen LogP contribution is -2.49. The smallest absolute Gasteiger partial charge is 0.211 e. The van der Waals surface area contributed by atoms with Crippen LogP contribution in [-0.4, -0.2) is 72.4 Å². The zero-order valence-electron chi connectivity index (χ0n) is 16.5. The van der Waals surface area contributed by atoms with Crippen LogP contribution in [0.15, 0.2) is 4.99 Å². The van der Waals surface area contributed by atoms with Gasteiger partial charge in [-0.25, -0.2) is 22.4 Å². The number of hydrogen-bond acceptors (Lipinski definition) is 5. The first-order valence-electron chi connectivity index (χ1n) is 9.74. The minimum Gasteiger partial charge on any atom is -0.356 e. The molecule has 9 nitrogen and oxygen atoms in total. The summed E-state index contributed by atoms with van der Waals surface area (Å²) >= 11 is 0. The summed E-state index contributed by atoms with van der Waals surface area (Å²) < 4.78 is 26.8. The van der Waals surface area contributed by atoms with Gasteiger partial charge in [-0.15, -0.1) is 0 Å². The molecule has 3 rings (SSSR count). The summed E-state index contributed by atoms with van der Waals surface area (Å²) in [6, 6.07) is 0.280. The van der Waals surface area contributed by atoms with Crippen molar-refractivity contribution in [3.8, 4) is 0 Å². The molecule has 2 aliphatic rings. The second-order valence-corrected chi connectivity index (χ2v) is 9.40. The molecule has 0 saturated carbocycles. The van der Waals surface area contributed by atoms with E-state index >= 15 is 0 Å². The van der Waals surface area contributed by atoms with Crippen LogP contribution in [0, 0.1) is 5.92 Å². The summed E-state index contributed by atoms with van der Waals surface area (Å²) in [5, 5.41) is 11.4. The molecule has 10 heteroatoms. The standard InChI is InChI=1S/C17H31N7O2S/c1-4-15-21-16-6-5-14(12-24(16)22-15)20-17(18-2)19-11-13-7-9-23(10-8-13)27(3,25)26/h13-14H,4-12H2,1-3H3,(H2,18,19,20). The summed E-state index contributed by atoms with van der Waals surface area (Å²) in [4.78, 5) is 8.90. The molecule has 1 aromatic heterocycles. The zero-order valence-corrected chi connectivity index (χ0v) is 17.3. The third-order valence-corrected chi connectivity index (χ3v) is 6.69. The van der Waals surface area contributed by atoms with Crippen LogP contribution in [0.1, 0.15) is 37.8 Å². The van der Waals surface area contributed by atoms with Gasteiger partial charge in [0, 0.05) is 45.6 Å². The number of nitrogens with zero attached hydrogens (tertiary/aromatic N) is 5. The highest BCUT2D eigenvalue weighted by Crippen LogP contribution is 2.18. The van der Waals surface area contributed by atoms with Gasteiger partial charge in [-0.3, -0.25) is 4.99 Å². The number of nitrogens with one attached hydrogen (secondary N) is 2. The van der Waals surface area contributed by atoms with Crippen molar-refractivity contribution in [2.45, 2.75) is 51.6 Å². The molecule has 2 aliphatic heterocycles. The van der Waals surface area contributed by atoms with E-state index < -0.39 is 10.0 Å². The second kappa shape index (κ2) is 8.55. The fraction of sp³-hybridized carbons (Fsp3) is 0.824. The zero-order chi connectivity index (χ0) is 19.4. The minimum absolute atomic E-state index is 0.280. The number of aryl methyl sites for hydroxylation is 2. The van der Waals surface area contributed by atoms with Crippen LogP contribution in [0.25, 0.3) is 0 Å². The van der Waals surface area contributed by atoms with Crippen molar-refractivity contribution < 1.29 is 8.42 Å². The Balaban J connectivity index is 1.45. The maximum atomic E-state index is 11.6. The van der Waals surface area contributed by atoms with Crippen LogP contribution in [0.3, 0.4) is 0 Å². The normalized spacial score (nSPS) is 22.5. The minimum atomic E-state index is -3.07. The Morgan fingerprint density at radius 3 is 2.67 bits per heavy atom. The highest BCUT2D eigenvalue weighted by atomic mass is 32.2. The number of rotatable bonds is 5. The fourth-order valence-corrected chi connectivity index (χ4v) is 4.58. The molecule has 1 atom stereocenters. The Morgan fingerprint density at radius 1 is 1.30 bits per heavy atom. The van der Waals surface area contributed by atoms with Gasteiger partial charge in [0.1, 0.15) is 5.82 Å². The molecule has 3 heterocycles. The molecule has 0 radical (unpaired) electrons. The lowest BCUT2D eigenvalue weighted by atomic mass is 9.98. The van der Waals surface area contributed by atoms with Crippen LogP contribution in [0.4, 0.5) is 0 Å². The SMILES string of the molecule is CCc1nc2n(n1)CC(NC(=NC)NCC1CCN(S(C)(=O)=O)CC1)CC2. The van der Waals surface area contributed by atoms with Crippen molar-refractivity contribution in [2.75, 3.05) is 32.9 Å². The monoisotopic (exact) mass is 397 g/mol. The number of hydrogen-bond donors (Lipinski definition) is 2. The summed E-state index contributed by atoms with van der Waals surface area (Å²) in [5.74, 6) is 3.24. The molecule has 0 spiro atoms. The van der Waals surface area contributed by atoms with Gasteiger partial charge in [-0.2, -0.15) is 5.10 Å². The van der Waals surface area contributed by atoms with Gasteiger partial charge in [0.25, 0.3) is 0 Å². The maximum Gasteiger partial charge on any atom is 0.211 e. The largest absolute Gasteiger partial charge is 0.356 e. The average molecular weight is 398 g/mol. The average Bonchev–Trinajstić information content (AvgIpc) is 3.07. The van der Waals surface area contributed by atoms with Gasteiger partial charge in [0.05, 0.1) is 12.8 Å². The van der Waals surface area contributed by atoms with Crippen molar-refractivity contribution in [1.29, 1.82) is 0 Å². The van der Waals surface area contributed by atoms with Gasteiger partial charge < -0.3 is 10.6 Å². The summed E-state index contributed by atoms with van der Waals surface area (Å²) in [7, 11) is -1.29. The predicted molar refractivity (Wildman–Crippen MR) is 105 cm³/mol. The van der Waals surface area contributed by atoms with Gasteiger partial charge in [-0.05, 0) is 25.2 Å². The fourth-order valence-electron chi connectivity index (χ4n) is 3.70. The molecule has 1 saturated heterocycles. The molecule has 1 fully saturated rings. The number of aliphatic imine (C=N–C) groups is 1. The molecule has 152 valence electrons. The second-order valence-electron chi connectivity index (χ2n) is 7.42. The molecule has 1 unspecified atom stereocenters. The van der Waals surface area contributed by atoms with Crippen LogP contribution < -0.4 is 10.6 Å². The van der Waals surface area contributed by atoms with E-state index in [9.17, 15) is 8.42 Å². The van der Waals surface area contributed by atoms with Crippen LogP contribution in [0.2, 0.25) is 0 Å². The van der Waals surface area contributed by atoms with E-state index in [4.69, 9.17) is 0 Å². The number of aromatic nitrogens is 3. The molecule has 0 amide bonds. The Hall–Kier alpha value is -1.68. The highest BCUT2D eigenvalue weighted by molar-refractivity contribution is 7.88. The first-order chi connectivity index (χ1) is 12.9. The molecular weight excluding hydrogens is 366 g/mol. The van der Waals surface area contributed by atoms with E-state index in [1.54, 1.807) is 11.4 Å². The Kier molecular flexibility index (Phi) is 6.36. The number of sulfonamides is 1. The first kappa shape index (κ1) is 20.1. The predicted octanol–water partition coefficient (Wildman–Crippen LogP) is -0.00810. The van der Waals surface area contributed by atoms with E-state index in [0.29, 0.717) is 19.0 Å². The lowest BCUT2D eigenvalue weighted by molar-refractivity contribution is 0.274. The Morgan fingerprint density at radius 2 is 2.04 bits per heavy atom. The van der Waals surface area contributed by atoms with Gasteiger partial charge >= 0.3 is 0 Å². The third-order valence-electron chi connectivity index (χ3n) is 5.38. The van der Waals surface area contributed by atoms with Crippen molar-refractivity contribution in [3.63, 3.8) is 0 Å². The summed E-state index contributed by atoms with van der Waals surface area (Å²) in [6.45, 7) is 4.89. The maximum absolute atomic E-state index is 11.6. The quantitative estimate of drug-likeness (QED) is 0.535. The molecule has 0 aliphatic carbocycles. The highest BCUT2D eigenvalue weighted by Gasteiger charge is 2.26.